The summed E-state index contributed by atoms with van der Waals surface area (Å²) >= 11 is 0. The second-order valence-corrected chi connectivity index (χ2v) is 4.61. The summed E-state index contributed by atoms with van der Waals surface area (Å²) in [7, 11) is 0. The zero-order valence-corrected chi connectivity index (χ0v) is 10.4. The highest BCUT2D eigenvalue weighted by Gasteiger charge is 2.30. The predicted octanol–water partition coefficient (Wildman–Crippen LogP) is 1.70. The second kappa shape index (κ2) is 5.32. The third-order valence-corrected chi connectivity index (χ3v) is 3.26. The van der Waals surface area contributed by atoms with E-state index in [1.807, 2.05) is 36.1 Å². The molecule has 2 rings (SSSR count). The van der Waals surface area contributed by atoms with Crippen LogP contribution in [0, 0.1) is 0 Å². The number of likely N-dealkylation sites (N-methyl/N-ethyl adjacent to an activating group) is 1. The van der Waals surface area contributed by atoms with Gasteiger partial charge in [0, 0.05) is 19.1 Å². The molecule has 1 fully saturated rings. The molecule has 1 saturated carbocycles. The van der Waals surface area contributed by atoms with Gasteiger partial charge in [0.25, 0.3) is 0 Å². The molecule has 0 radical (unpaired) electrons. The molecule has 1 amide bonds. The van der Waals surface area contributed by atoms with Gasteiger partial charge in [0.15, 0.2) is 0 Å². The van der Waals surface area contributed by atoms with Gasteiger partial charge < -0.3 is 10.6 Å². The molecule has 92 valence electrons. The normalized spacial score (nSPS) is 14.7. The maximum atomic E-state index is 12.1. The average Bonchev–Trinajstić information content (AvgIpc) is 3.15. The van der Waals surface area contributed by atoms with Crippen LogP contribution in [0.15, 0.2) is 24.3 Å². The van der Waals surface area contributed by atoms with Crippen LogP contribution in [0.2, 0.25) is 0 Å². The Balaban J connectivity index is 1.96. The topological polar surface area (TPSA) is 46.3 Å². The van der Waals surface area contributed by atoms with Crippen molar-refractivity contribution in [1.29, 1.82) is 0 Å². The highest BCUT2D eigenvalue weighted by molar-refractivity contribution is 5.79. The van der Waals surface area contributed by atoms with E-state index >= 15 is 0 Å². The SMILES string of the molecule is CCN(C(=O)Cc1ccc(CN)cc1)C1CC1. The lowest BCUT2D eigenvalue weighted by Gasteiger charge is -2.20. The average molecular weight is 232 g/mol. The lowest BCUT2D eigenvalue weighted by atomic mass is 10.1. The monoisotopic (exact) mass is 232 g/mol. The Hall–Kier alpha value is -1.35. The number of nitrogens with two attached hydrogens (primary N) is 1. The number of nitrogens with zero attached hydrogens (tertiary/aromatic N) is 1. The minimum Gasteiger partial charge on any atom is -0.340 e. The van der Waals surface area contributed by atoms with E-state index in [0.29, 0.717) is 19.0 Å². The van der Waals surface area contributed by atoms with Crippen LogP contribution >= 0.6 is 0 Å². The first-order valence-electron chi connectivity index (χ1n) is 6.32. The van der Waals surface area contributed by atoms with Crippen LogP contribution in [0.4, 0.5) is 0 Å². The van der Waals surface area contributed by atoms with Gasteiger partial charge in [-0.25, -0.2) is 0 Å². The van der Waals surface area contributed by atoms with E-state index in [2.05, 4.69) is 0 Å². The summed E-state index contributed by atoms with van der Waals surface area (Å²) in [6.45, 7) is 3.43. The molecule has 0 aromatic heterocycles. The van der Waals surface area contributed by atoms with Crippen molar-refractivity contribution < 1.29 is 4.79 Å². The summed E-state index contributed by atoms with van der Waals surface area (Å²) in [5.41, 5.74) is 7.73. The third kappa shape index (κ3) is 3.07. The fourth-order valence-corrected chi connectivity index (χ4v) is 2.09. The maximum Gasteiger partial charge on any atom is 0.227 e. The molecule has 1 aliphatic carbocycles. The predicted molar refractivity (Wildman–Crippen MR) is 68.4 cm³/mol. The zero-order chi connectivity index (χ0) is 12.3. The van der Waals surface area contributed by atoms with E-state index in [1.54, 1.807) is 0 Å². The molecule has 3 heteroatoms. The fourth-order valence-electron chi connectivity index (χ4n) is 2.09. The number of amides is 1. The minimum atomic E-state index is 0.246. The van der Waals surface area contributed by atoms with Gasteiger partial charge in [-0.1, -0.05) is 24.3 Å². The van der Waals surface area contributed by atoms with Crippen LogP contribution in [-0.4, -0.2) is 23.4 Å². The summed E-state index contributed by atoms with van der Waals surface area (Å²) < 4.78 is 0. The van der Waals surface area contributed by atoms with Gasteiger partial charge in [-0.3, -0.25) is 4.79 Å². The summed E-state index contributed by atoms with van der Waals surface area (Å²) in [5, 5.41) is 0. The van der Waals surface area contributed by atoms with Gasteiger partial charge in [-0.2, -0.15) is 0 Å². The maximum absolute atomic E-state index is 12.1. The quantitative estimate of drug-likeness (QED) is 0.840. The summed E-state index contributed by atoms with van der Waals surface area (Å²) in [4.78, 5) is 14.1. The van der Waals surface area contributed by atoms with Gasteiger partial charge in [-0.15, -0.1) is 0 Å². The number of benzene rings is 1. The molecule has 0 atom stereocenters. The van der Waals surface area contributed by atoms with E-state index in [0.717, 1.165) is 17.7 Å². The summed E-state index contributed by atoms with van der Waals surface area (Å²) in [6.07, 6.45) is 2.85. The molecule has 1 aromatic carbocycles. The summed E-state index contributed by atoms with van der Waals surface area (Å²) in [5.74, 6) is 0.246. The van der Waals surface area contributed by atoms with Crippen molar-refractivity contribution >= 4 is 5.91 Å². The first-order valence-corrected chi connectivity index (χ1v) is 6.32. The molecule has 0 unspecified atom stereocenters. The largest absolute Gasteiger partial charge is 0.340 e. The Labute approximate surface area is 103 Å². The van der Waals surface area contributed by atoms with Crippen LogP contribution in [0.5, 0.6) is 0 Å². The number of carbonyl (C=O) groups is 1. The van der Waals surface area contributed by atoms with Crippen LogP contribution in [0.3, 0.4) is 0 Å². The van der Waals surface area contributed by atoms with Gasteiger partial charge in [0.1, 0.15) is 0 Å². The Morgan fingerprint density at radius 2 is 1.88 bits per heavy atom. The van der Waals surface area contributed by atoms with Crippen LogP contribution in [0.25, 0.3) is 0 Å². The van der Waals surface area contributed by atoms with Crippen molar-refractivity contribution in [3.05, 3.63) is 35.4 Å². The molecule has 2 N–H and O–H groups in total. The number of rotatable bonds is 5. The molecule has 1 aromatic rings. The van der Waals surface area contributed by atoms with Crippen LogP contribution < -0.4 is 5.73 Å². The van der Waals surface area contributed by atoms with Crippen LogP contribution in [0.1, 0.15) is 30.9 Å². The van der Waals surface area contributed by atoms with Crippen molar-refractivity contribution in [2.75, 3.05) is 6.54 Å². The third-order valence-electron chi connectivity index (χ3n) is 3.26. The first-order chi connectivity index (χ1) is 8.24. The highest BCUT2D eigenvalue weighted by Crippen LogP contribution is 2.27. The molecule has 3 nitrogen and oxygen atoms in total. The molecule has 1 aliphatic rings. The molecule has 0 bridgehead atoms. The van der Waals surface area contributed by atoms with Crippen molar-refractivity contribution in [1.82, 2.24) is 4.90 Å². The van der Waals surface area contributed by atoms with Gasteiger partial charge in [0.2, 0.25) is 5.91 Å². The lowest BCUT2D eigenvalue weighted by Crippen LogP contribution is -2.34. The molecule has 17 heavy (non-hydrogen) atoms. The van der Waals surface area contributed by atoms with E-state index in [4.69, 9.17) is 5.73 Å². The van der Waals surface area contributed by atoms with Gasteiger partial charge >= 0.3 is 0 Å². The number of carbonyl (C=O) groups excluding carboxylic acids is 1. The highest BCUT2D eigenvalue weighted by atomic mass is 16.2. The zero-order valence-electron chi connectivity index (χ0n) is 10.4. The molecule has 0 aliphatic heterocycles. The van der Waals surface area contributed by atoms with Gasteiger partial charge in [-0.05, 0) is 30.9 Å². The van der Waals surface area contributed by atoms with Crippen molar-refractivity contribution in [2.45, 2.75) is 38.8 Å². The first kappa shape index (κ1) is 12.1. The number of hydrogen-bond acceptors (Lipinski definition) is 2. The Bertz CT molecular complexity index is 382. The van der Waals surface area contributed by atoms with E-state index < -0.39 is 0 Å². The Morgan fingerprint density at radius 1 is 1.29 bits per heavy atom. The molecule has 0 spiro atoms. The van der Waals surface area contributed by atoms with Crippen molar-refractivity contribution in [3.8, 4) is 0 Å². The fraction of sp³-hybridized carbons (Fsp3) is 0.500. The Morgan fingerprint density at radius 3 is 2.35 bits per heavy atom. The Kier molecular flexibility index (Phi) is 3.79. The van der Waals surface area contributed by atoms with Crippen LogP contribution in [-0.2, 0) is 17.8 Å². The second-order valence-electron chi connectivity index (χ2n) is 4.61. The van der Waals surface area contributed by atoms with Crippen molar-refractivity contribution in [3.63, 3.8) is 0 Å². The molecule has 0 saturated heterocycles. The molecule has 0 heterocycles. The van der Waals surface area contributed by atoms with Crippen molar-refractivity contribution in [2.24, 2.45) is 5.73 Å². The van der Waals surface area contributed by atoms with Gasteiger partial charge in [0.05, 0.1) is 6.42 Å². The minimum absolute atomic E-state index is 0.246. The smallest absolute Gasteiger partial charge is 0.227 e. The molecular formula is C14H20N2O. The standard InChI is InChI=1S/C14H20N2O/c1-2-16(13-7-8-13)14(17)9-11-3-5-12(10-15)6-4-11/h3-6,13H,2,7-10,15H2,1H3. The number of hydrogen-bond donors (Lipinski definition) is 1. The summed E-state index contributed by atoms with van der Waals surface area (Å²) in [6, 6.07) is 8.50. The van der Waals surface area contributed by atoms with E-state index in [9.17, 15) is 4.79 Å². The van der Waals surface area contributed by atoms with E-state index in [1.165, 1.54) is 12.8 Å². The molecular weight excluding hydrogens is 212 g/mol. The lowest BCUT2D eigenvalue weighted by molar-refractivity contribution is -0.130. The van der Waals surface area contributed by atoms with E-state index in [-0.39, 0.29) is 5.91 Å².